The van der Waals surface area contributed by atoms with E-state index in [1.807, 2.05) is 42.5 Å². The summed E-state index contributed by atoms with van der Waals surface area (Å²) in [7, 11) is -2.13. The molecular formula is C39H52IN5O6Si. The highest BCUT2D eigenvalue weighted by Crippen LogP contribution is 2.45. The van der Waals surface area contributed by atoms with Crippen LogP contribution >= 0.6 is 22.6 Å². The van der Waals surface area contributed by atoms with Crippen LogP contribution in [0.1, 0.15) is 75.8 Å². The van der Waals surface area contributed by atoms with Crippen LogP contribution < -0.4 is 27.0 Å². The number of nitrogens with one attached hydrogen (secondary N) is 4. The van der Waals surface area contributed by atoms with Crippen LogP contribution in [0.25, 0.3) is 11.1 Å². The van der Waals surface area contributed by atoms with Gasteiger partial charge in [0.05, 0.1) is 13.8 Å². The number of aliphatic hydroxyl groups is 1. The molecule has 4 rings (SSSR count). The van der Waals surface area contributed by atoms with Crippen LogP contribution in [0, 0.1) is 9.49 Å². The van der Waals surface area contributed by atoms with Gasteiger partial charge < -0.3 is 36.8 Å². The number of urea groups is 1. The average molecular weight is 842 g/mol. The minimum absolute atomic E-state index is 0.0367. The minimum atomic E-state index is -2.13. The van der Waals surface area contributed by atoms with Crippen LogP contribution in [-0.4, -0.2) is 62.4 Å². The van der Waals surface area contributed by atoms with Gasteiger partial charge in [-0.1, -0.05) is 102 Å². The number of primary amides is 1. The first-order valence-electron chi connectivity index (χ1n) is 17.7. The second kappa shape index (κ2) is 17.2. The molecule has 0 spiro atoms. The summed E-state index contributed by atoms with van der Waals surface area (Å²) in [5.74, 6) is -1.49. The van der Waals surface area contributed by atoms with Crippen LogP contribution in [0.4, 0.5) is 15.3 Å². The molecule has 3 aromatic carbocycles. The highest BCUT2D eigenvalue weighted by Gasteiger charge is 2.43. The number of anilines is 1. The van der Waals surface area contributed by atoms with E-state index in [-0.39, 0.29) is 36.4 Å². The first-order valence-corrected chi connectivity index (χ1v) is 21.8. The molecule has 3 aromatic rings. The number of carbonyl (C=O) groups is 4. The molecule has 1 aliphatic rings. The maximum absolute atomic E-state index is 13.7. The second-order valence-electron chi connectivity index (χ2n) is 15.3. The Labute approximate surface area is 321 Å². The predicted octanol–water partition coefficient (Wildman–Crippen LogP) is 6.81. The van der Waals surface area contributed by atoms with Crippen molar-refractivity contribution < 1.29 is 29.0 Å². The van der Waals surface area contributed by atoms with Crippen molar-refractivity contribution in [3.63, 3.8) is 0 Å². The Bertz CT molecular complexity index is 1730. The van der Waals surface area contributed by atoms with Crippen molar-refractivity contribution in [2.75, 3.05) is 18.5 Å². The number of alkyl carbamates (subject to hydrolysis) is 1. The van der Waals surface area contributed by atoms with Gasteiger partial charge in [-0.2, -0.15) is 0 Å². The molecule has 0 aliphatic heterocycles. The first-order chi connectivity index (χ1) is 24.4. The topological polar surface area (TPSA) is 172 Å². The number of amides is 5. The molecule has 13 heteroatoms. The number of hydrogen-bond donors (Lipinski definition) is 6. The van der Waals surface area contributed by atoms with Crippen LogP contribution in [0.3, 0.4) is 0 Å². The van der Waals surface area contributed by atoms with E-state index in [9.17, 15) is 24.3 Å². The highest BCUT2D eigenvalue weighted by atomic mass is 127. The third-order valence-corrected chi connectivity index (χ3v) is 16.8. The molecule has 1 aliphatic carbocycles. The van der Waals surface area contributed by atoms with Crippen molar-refractivity contribution in [3.8, 4) is 11.1 Å². The summed E-state index contributed by atoms with van der Waals surface area (Å²) in [4.78, 5) is 51.7. The fourth-order valence-corrected chi connectivity index (χ4v) is 9.16. The van der Waals surface area contributed by atoms with Gasteiger partial charge in [-0.3, -0.25) is 9.59 Å². The summed E-state index contributed by atoms with van der Waals surface area (Å²) >= 11 is 2.17. The molecule has 280 valence electrons. The monoisotopic (exact) mass is 841 g/mol. The number of benzene rings is 3. The summed E-state index contributed by atoms with van der Waals surface area (Å²) < 4.78 is 6.51. The molecule has 0 heterocycles. The molecule has 0 aromatic heterocycles. The van der Waals surface area contributed by atoms with Gasteiger partial charge in [0, 0.05) is 21.7 Å². The Morgan fingerprint density at radius 1 is 0.923 bits per heavy atom. The predicted molar refractivity (Wildman–Crippen MR) is 216 cm³/mol. The largest absolute Gasteiger partial charge is 0.449 e. The number of hydrogen-bond acceptors (Lipinski definition) is 6. The summed E-state index contributed by atoms with van der Waals surface area (Å²) in [6, 6.07) is 18.8. The van der Waals surface area contributed by atoms with Crippen LogP contribution in [0.15, 0.2) is 66.7 Å². The van der Waals surface area contributed by atoms with Gasteiger partial charge in [0.1, 0.15) is 18.7 Å². The van der Waals surface area contributed by atoms with Crippen LogP contribution in [0.5, 0.6) is 0 Å². The van der Waals surface area contributed by atoms with E-state index in [4.69, 9.17) is 10.5 Å². The quantitative estimate of drug-likeness (QED) is 0.0592. The zero-order valence-corrected chi connectivity index (χ0v) is 34.2. The Hall–Kier alpha value is -3.95. The molecular weight excluding hydrogens is 789 g/mol. The van der Waals surface area contributed by atoms with Crippen molar-refractivity contribution in [1.29, 1.82) is 0 Å². The standard InChI is InChI=1S/C39H52IN5O6Si/c1-23(2)33(45-38(50)51-22-30-27-15-10-8-13-25(27)26-14-9-11-16-28(26)30)35(47)44-32(17-12-20-42-37(41)49)34(46)43-24-18-19-29(31(40)21-24)36(48)52(6,7)39(3,4)5/h8-11,13-16,18-19,21,23,30,32-33,36,48H,12,17,20,22H2,1-7H3,(H,43,46)(H,44,47)(H,45,50)(H3,41,42,49)/t32-,33-,36?/m0/s1. The second-order valence-corrected chi connectivity index (χ2v) is 21.9. The van der Waals surface area contributed by atoms with Crippen molar-refractivity contribution in [2.24, 2.45) is 11.7 Å². The third-order valence-electron chi connectivity index (χ3n) is 10.3. The molecule has 3 atom stereocenters. The van der Waals surface area contributed by atoms with E-state index in [0.29, 0.717) is 12.1 Å². The van der Waals surface area contributed by atoms with E-state index >= 15 is 0 Å². The lowest BCUT2D eigenvalue weighted by molar-refractivity contribution is -0.128. The molecule has 5 amide bonds. The molecule has 0 fully saturated rings. The number of nitrogens with two attached hydrogens (primary N) is 1. The lowest BCUT2D eigenvalue weighted by atomic mass is 9.98. The zero-order chi connectivity index (χ0) is 38.4. The number of aliphatic hydroxyl groups excluding tert-OH is 1. The maximum atomic E-state index is 13.7. The third kappa shape index (κ3) is 9.72. The smallest absolute Gasteiger partial charge is 0.407 e. The number of halogens is 1. The molecule has 0 bridgehead atoms. The van der Waals surface area contributed by atoms with Crippen molar-refractivity contribution >= 4 is 60.3 Å². The Morgan fingerprint density at radius 3 is 2.06 bits per heavy atom. The zero-order valence-electron chi connectivity index (χ0n) is 31.0. The molecule has 11 nitrogen and oxygen atoms in total. The normalized spacial score (nSPS) is 14.4. The van der Waals surface area contributed by atoms with Gasteiger partial charge in [-0.05, 0) is 86.3 Å². The molecule has 0 radical (unpaired) electrons. The average Bonchev–Trinajstić information content (AvgIpc) is 3.40. The Kier molecular flexibility index (Phi) is 13.5. The van der Waals surface area contributed by atoms with E-state index in [1.165, 1.54) is 0 Å². The first kappa shape index (κ1) is 40.8. The highest BCUT2D eigenvalue weighted by molar-refractivity contribution is 14.1. The molecule has 7 N–H and O–H groups in total. The van der Waals surface area contributed by atoms with E-state index < -0.39 is 49.8 Å². The van der Waals surface area contributed by atoms with Crippen LogP contribution in [0.2, 0.25) is 18.1 Å². The molecule has 0 saturated heterocycles. The Balaban J connectivity index is 1.44. The van der Waals surface area contributed by atoms with Crippen molar-refractivity contribution in [3.05, 3.63) is 87.0 Å². The molecule has 1 unspecified atom stereocenters. The molecule has 52 heavy (non-hydrogen) atoms. The van der Waals surface area contributed by atoms with E-state index in [0.717, 1.165) is 31.4 Å². The Morgan fingerprint density at radius 2 is 1.52 bits per heavy atom. The van der Waals surface area contributed by atoms with Gasteiger partial charge >= 0.3 is 12.1 Å². The summed E-state index contributed by atoms with van der Waals surface area (Å²) in [6.07, 6.45) is -0.202. The number of carbonyl (C=O) groups excluding carboxylic acids is 4. The summed E-state index contributed by atoms with van der Waals surface area (Å²) in [6.45, 7) is 14.7. The SMILES string of the molecule is CC(C)[C@H](NC(=O)OCC1c2ccccc2-c2ccccc21)C(=O)N[C@@H](CCCNC(N)=O)C(=O)Nc1ccc(C(O)[Si](C)(C)C(C)(C)C)c(I)c1. The number of rotatable bonds is 14. The van der Waals surface area contributed by atoms with Crippen molar-refractivity contribution in [2.45, 2.75) is 89.3 Å². The maximum Gasteiger partial charge on any atom is 0.407 e. The molecule has 0 saturated carbocycles. The van der Waals surface area contributed by atoms with Gasteiger partial charge in [0.2, 0.25) is 11.8 Å². The number of fused-ring (bicyclic) bond motifs is 3. The van der Waals surface area contributed by atoms with Gasteiger partial charge in [-0.15, -0.1) is 0 Å². The fraction of sp³-hybridized carbons (Fsp3) is 0.436. The van der Waals surface area contributed by atoms with Crippen molar-refractivity contribution in [1.82, 2.24) is 16.0 Å². The fourth-order valence-electron chi connectivity index (χ4n) is 6.21. The summed E-state index contributed by atoms with van der Waals surface area (Å²) in [5.41, 5.74) is 10.3. The van der Waals surface area contributed by atoms with Gasteiger partial charge in [0.15, 0.2) is 0 Å². The van der Waals surface area contributed by atoms with Gasteiger partial charge in [-0.25, -0.2) is 9.59 Å². The van der Waals surface area contributed by atoms with Crippen LogP contribution in [-0.2, 0) is 14.3 Å². The van der Waals surface area contributed by atoms with E-state index in [1.54, 1.807) is 26.0 Å². The summed E-state index contributed by atoms with van der Waals surface area (Å²) in [5, 5.41) is 22.2. The number of ether oxygens (including phenoxy) is 1. The minimum Gasteiger partial charge on any atom is -0.449 e. The lowest BCUT2D eigenvalue weighted by Crippen LogP contribution is -2.54. The van der Waals surface area contributed by atoms with E-state index in [2.05, 4.69) is 89.9 Å². The lowest BCUT2D eigenvalue weighted by Gasteiger charge is -2.41. The van der Waals surface area contributed by atoms with Gasteiger partial charge in [0.25, 0.3) is 0 Å².